The van der Waals surface area contributed by atoms with Crippen LogP contribution < -0.4 is 9.88 Å². The molecule has 0 aliphatic rings. The van der Waals surface area contributed by atoms with E-state index in [-0.39, 0.29) is 38.6 Å². The number of carbonyl (C=O) groups excluding carboxylic acids is 1. The summed E-state index contributed by atoms with van der Waals surface area (Å²) in [4.78, 5) is 12.0. The number of anilines is 1. The number of aryl methyl sites for hydroxylation is 2. The monoisotopic (exact) mass is 364 g/mol. The minimum atomic E-state index is -0.0512. The van der Waals surface area contributed by atoms with Crippen LogP contribution in [0.2, 0.25) is 5.02 Å². The summed E-state index contributed by atoms with van der Waals surface area (Å²) in [5.74, 6) is -0.0512. The minimum absolute atomic E-state index is 0. The maximum absolute atomic E-state index is 12.0. The zero-order valence-corrected chi connectivity index (χ0v) is 15.2. The summed E-state index contributed by atoms with van der Waals surface area (Å²) in [5.41, 5.74) is 2.78. The molecule has 0 fully saturated rings. The predicted octanol–water partition coefficient (Wildman–Crippen LogP) is 2.88. The van der Waals surface area contributed by atoms with E-state index >= 15 is 0 Å². The standard InChI is InChI=1S/C15H15ClN2O.Y/c1-11-8-13(16)9-12(2)15(11)17-14(19)10-18-6-4-3-5-7-18;/h3-9H,10H2,1-2H3;/p+1. The molecule has 3 nitrogen and oxygen atoms in total. The number of nitrogens with one attached hydrogen (secondary N) is 1. The van der Waals surface area contributed by atoms with Crippen molar-refractivity contribution in [3.63, 3.8) is 0 Å². The van der Waals surface area contributed by atoms with Crippen molar-refractivity contribution >= 4 is 23.2 Å². The molecule has 0 aliphatic carbocycles. The SMILES string of the molecule is Cc1cc(Cl)cc(C)c1NC(=O)C[n+]1ccccc1.[Y]. The predicted molar refractivity (Wildman–Crippen MR) is 76.2 cm³/mol. The van der Waals surface area contributed by atoms with Gasteiger partial charge in [0.15, 0.2) is 12.4 Å². The number of hydrogen-bond donors (Lipinski definition) is 1. The summed E-state index contributed by atoms with van der Waals surface area (Å²) in [7, 11) is 0. The minimum Gasteiger partial charge on any atom is -0.320 e. The van der Waals surface area contributed by atoms with Crippen LogP contribution >= 0.6 is 11.6 Å². The zero-order valence-electron chi connectivity index (χ0n) is 11.6. The number of aromatic nitrogens is 1. The van der Waals surface area contributed by atoms with E-state index in [1.807, 2.05) is 61.1 Å². The van der Waals surface area contributed by atoms with Gasteiger partial charge in [-0.3, -0.25) is 4.79 Å². The second-order valence-electron chi connectivity index (χ2n) is 4.51. The Morgan fingerprint density at radius 3 is 2.25 bits per heavy atom. The van der Waals surface area contributed by atoms with E-state index in [0.717, 1.165) is 16.8 Å². The Morgan fingerprint density at radius 2 is 1.70 bits per heavy atom. The van der Waals surface area contributed by atoms with E-state index < -0.39 is 0 Å². The fourth-order valence-electron chi connectivity index (χ4n) is 1.99. The van der Waals surface area contributed by atoms with Gasteiger partial charge in [-0.15, -0.1) is 0 Å². The molecule has 1 aromatic heterocycles. The zero-order chi connectivity index (χ0) is 13.8. The number of nitrogens with zero attached hydrogens (tertiary/aromatic N) is 1. The molecule has 0 aliphatic heterocycles. The molecule has 1 amide bonds. The number of halogens is 1. The number of pyridine rings is 1. The fourth-order valence-corrected chi connectivity index (χ4v) is 2.32. The number of rotatable bonds is 3. The van der Waals surface area contributed by atoms with E-state index in [4.69, 9.17) is 11.6 Å². The van der Waals surface area contributed by atoms with Crippen LogP contribution in [-0.4, -0.2) is 5.91 Å². The van der Waals surface area contributed by atoms with Crippen molar-refractivity contribution in [1.29, 1.82) is 0 Å². The maximum atomic E-state index is 12.0. The summed E-state index contributed by atoms with van der Waals surface area (Å²) in [5, 5.41) is 3.62. The van der Waals surface area contributed by atoms with Gasteiger partial charge in [-0.25, -0.2) is 0 Å². The number of benzene rings is 1. The van der Waals surface area contributed by atoms with E-state index in [1.165, 1.54) is 0 Å². The van der Waals surface area contributed by atoms with Crippen LogP contribution in [0.4, 0.5) is 5.69 Å². The Balaban J connectivity index is 0.00000200. The third-order valence-corrected chi connectivity index (χ3v) is 3.08. The van der Waals surface area contributed by atoms with Gasteiger partial charge in [0.2, 0.25) is 6.54 Å². The van der Waals surface area contributed by atoms with Crippen molar-refractivity contribution < 1.29 is 42.1 Å². The molecule has 0 saturated carbocycles. The number of carbonyl (C=O) groups is 1. The molecular weight excluding hydrogens is 349 g/mol. The molecule has 0 atom stereocenters. The van der Waals surface area contributed by atoms with Crippen LogP contribution in [0.1, 0.15) is 11.1 Å². The Hall–Kier alpha value is -0.766. The summed E-state index contributed by atoms with van der Waals surface area (Å²) in [6, 6.07) is 9.40. The van der Waals surface area contributed by atoms with Crippen LogP contribution in [0.5, 0.6) is 0 Å². The Bertz CT molecular complexity index is 579. The van der Waals surface area contributed by atoms with Crippen molar-refractivity contribution in [2.24, 2.45) is 0 Å². The molecule has 1 N–H and O–H groups in total. The van der Waals surface area contributed by atoms with Crippen LogP contribution in [0.3, 0.4) is 0 Å². The molecule has 0 spiro atoms. The van der Waals surface area contributed by atoms with Crippen LogP contribution in [-0.2, 0) is 44.0 Å². The third kappa shape index (κ3) is 4.66. The molecule has 5 heteroatoms. The Labute approximate surface area is 149 Å². The second-order valence-corrected chi connectivity index (χ2v) is 4.95. The molecule has 2 aromatic rings. The summed E-state index contributed by atoms with van der Waals surface area (Å²) >= 11 is 5.97. The topological polar surface area (TPSA) is 33.0 Å². The largest absolute Gasteiger partial charge is 0.320 e. The molecule has 101 valence electrons. The molecule has 0 unspecified atom stereocenters. The average molecular weight is 365 g/mol. The van der Waals surface area contributed by atoms with Gasteiger partial charge in [0.25, 0.3) is 5.91 Å². The number of amides is 1. The van der Waals surface area contributed by atoms with Gasteiger partial charge < -0.3 is 5.32 Å². The molecule has 20 heavy (non-hydrogen) atoms. The van der Waals surface area contributed by atoms with E-state index in [0.29, 0.717) is 11.6 Å². The average Bonchev–Trinajstić information content (AvgIpc) is 2.35. The van der Waals surface area contributed by atoms with Gasteiger partial charge >= 0.3 is 0 Å². The molecule has 0 bridgehead atoms. The van der Waals surface area contributed by atoms with Crippen molar-refractivity contribution in [3.8, 4) is 0 Å². The van der Waals surface area contributed by atoms with Gasteiger partial charge in [0.1, 0.15) is 0 Å². The molecule has 1 aromatic carbocycles. The van der Waals surface area contributed by atoms with E-state index in [9.17, 15) is 4.79 Å². The first kappa shape index (κ1) is 17.3. The molecular formula is C15H16ClN2OY+. The van der Waals surface area contributed by atoms with Gasteiger partial charge in [-0.05, 0) is 37.1 Å². The summed E-state index contributed by atoms with van der Waals surface area (Å²) in [6.45, 7) is 4.16. The third-order valence-electron chi connectivity index (χ3n) is 2.87. The quantitative estimate of drug-likeness (QED) is 0.835. The normalized spacial score (nSPS) is 9.75. The summed E-state index contributed by atoms with van der Waals surface area (Å²) < 4.78 is 1.83. The first-order valence-electron chi connectivity index (χ1n) is 6.07. The van der Waals surface area contributed by atoms with E-state index in [1.54, 1.807) is 0 Å². The smallest absolute Gasteiger partial charge is 0.290 e. The summed E-state index contributed by atoms with van der Waals surface area (Å²) in [6.07, 6.45) is 3.72. The first-order valence-corrected chi connectivity index (χ1v) is 6.45. The fraction of sp³-hybridized carbons (Fsp3) is 0.200. The van der Waals surface area contributed by atoms with Crippen molar-refractivity contribution in [1.82, 2.24) is 0 Å². The van der Waals surface area contributed by atoms with E-state index in [2.05, 4.69) is 5.32 Å². The number of hydrogen-bond acceptors (Lipinski definition) is 1. The maximum Gasteiger partial charge on any atom is 0.290 e. The van der Waals surface area contributed by atoms with Gasteiger partial charge in [0, 0.05) is 55.6 Å². The molecule has 1 heterocycles. The van der Waals surface area contributed by atoms with Crippen molar-refractivity contribution in [2.45, 2.75) is 20.4 Å². The van der Waals surface area contributed by atoms with Crippen LogP contribution in [0.25, 0.3) is 0 Å². The van der Waals surface area contributed by atoms with Crippen LogP contribution in [0.15, 0.2) is 42.7 Å². The first-order chi connectivity index (χ1) is 9.06. The Kier molecular flexibility index (Phi) is 6.80. The second kappa shape index (κ2) is 7.87. The van der Waals surface area contributed by atoms with Crippen molar-refractivity contribution in [2.75, 3.05) is 5.32 Å². The van der Waals surface area contributed by atoms with Gasteiger partial charge in [-0.1, -0.05) is 17.7 Å². The molecule has 1 radical (unpaired) electrons. The molecule has 2 rings (SSSR count). The Morgan fingerprint density at radius 1 is 1.15 bits per heavy atom. The van der Waals surface area contributed by atoms with Crippen molar-refractivity contribution in [3.05, 3.63) is 58.9 Å². The van der Waals surface area contributed by atoms with Gasteiger partial charge in [0.05, 0.1) is 0 Å². The van der Waals surface area contributed by atoms with Crippen LogP contribution in [0, 0.1) is 13.8 Å². The molecule has 0 saturated heterocycles. The van der Waals surface area contributed by atoms with Gasteiger partial charge in [-0.2, -0.15) is 4.57 Å².